The smallest absolute Gasteiger partial charge is 0.300 e. The fourth-order valence-corrected chi connectivity index (χ4v) is 3.84. The number of methoxy groups -OCH3 is 1. The minimum absolute atomic E-state index is 0.00459. The number of aliphatic hydroxyl groups excluding tert-OH is 1. The predicted molar refractivity (Wildman–Crippen MR) is 124 cm³/mol. The van der Waals surface area contributed by atoms with E-state index in [1.807, 2.05) is 13.8 Å². The van der Waals surface area contributed by atoms with Crippen LogP contribution >= 0.6 is 0 Å². The summed E-state index contributed by atoms with van der Waals surface area (Å²) in [5.41, 5.74) is 1.55. The SMILES string of the molecule is COc1cccc(N2C(=O)C(=O)/C(=C(/O)c3ccncc3)C2c2ccc(OC(C)C)cc2)c1. The maximum absolute atomic E-state index is 13.2. The maximum Gasteiger partial charge on any atom is 0.300 e. The summed E-state index contributed by atoms with van der Waals surface area (Å²) in [6.45, 7) is 3.86. The number of rotatable bonds is 6. The number of hydrogen-bond donors (Lipinski definition) is 1. The molecule has 4 rings (SSSR count). The number of nitrogens with zero attached hydrogens (tertiary/aromatic N) is 2. The molecule has 0 radical (unpaired) electrons. The number of aromatic nitrogens is 1. The molecule has 3 aromatic rings. The normalized spacial score (nSPS) is 17.5. The molecule has 168 valence electrons. The summed E-state index contributed by atoms with van der Waals surface area (Å²) >= 11 is 0. The van der Waals surface area contributed by atoms with Crippen molar-refractivity contribution < 1.29 is 24.2 Å². The topological polar surface area (TPSA) is 89.0 Å². The molecule has 0 bridgehead atoms. The van der Waals surface area contributed by atoms with Crippen LogP contribution in [-0.2, 0) is 9.59 Å². The average molecular weight is 444 g/mol. The third kappa shape index (κ3) is 4.30. The number of anilines is 1. The number of pyridine rings is 1. The largest absolute Gasteiger partial charge is 0.507 e. The third-order valence-electron chi connectivity index (χ3n) is 5.30. The minimum atomic E-state index is -0.835. The number of benzene rings is 2. The van der Waals surface area contributed by atoms with E-state index in [4.69, 9.17) is 9.47 Å². The molecule has 33 heavy (non-hydrogen) atoms. The number of carbonyl (C=O) groups is 2. The van der Waals surface area contributed by atoms with Crippen molar-refractivity contribution in [3.8, 4) is 11.5 Å². The number of Topliss-reactive ketones (excluding diaryl/α,β-unsaturated/α-hetero) is 1. The van der Waals surface area contributed by atoms with Gasteiger partial charge in [0.15, 0.2) is 0 Å². The molecule has 2 heterocycles. The summed E-state index contributed by atoms with van der Waals surface area (Å²) in [5, 5.41) is 11.1. The number of aliphatic hydroxyl groups is 1. The molecule has 1 aromatic heterocycles. The van der Waals surface area contributed by atoms with E-state index in [9.17, 15) is 14.7 Å². The van der Waals surface area contributed by atoms with Gasteiger partial charge in [-0.25, -0.2) is 0 Å². The maximum atomic E-state index is 13.2. The van der Waals surface area contributed by atoms with Crippen LogP contribution in [0.1, 0.15) is 31.0 Å². The Morgan fingerprint density at radius 2 is 1.70 bits per heavy atom. The van der Waals surface area contributed by atoms with Gasteiger partial charge in [-0.05, 0) is 55.8 Å². The van der Waals surface area contributed by atoms with Crippen LogP contribution in [0.2, 0.25) is 0 Å². The van der Waals surface area contributed by atoms with Crippen LogP contribution in [0.25, 0.3) is 5.76 Å². The lowest BCUT2D eigenvalue weighted by molar-refractivity contribution is -0.132. The first-order chi connectivity index (χ1) is 15.9. The molecule has 1 atom stereocenters. The summed E-state index contributed by atoms with van der Waals surface area (Å²) in [4.78, 5) is 31.7. The molecular weight excluding hydrogens is 420 g/mol. The molecule has 2 aromatic carbocycles. The van der Waals surface area contributed by atoms with E-state index in [1.165, 1.54) is 24.4 Å². The highest BCUT2D eigenvalue weighted by atomic mass is 16.5. The van der Waals surface area contributed by atoms with E-state index in [0.717, 1.165) is 0 Å². The van der Waals surface area contributed by atoms with Gasteiger partial charge in [-0.3, -0.25) is 19.5 Å². The van der Waals surface area contributed by atoms with Crippen molar-refractivity contribution in [1.29, 1.82) is 0 Å². The van der Waals surface area contributed by atoms with E-state index in [-0.39, 0.29) is 17.4 Å². The molecule has 1 aliphatic rings. The molecular formula is C26H24N2O5. The van der Waals surface area contributed by atoms with Gasteiger partial charge in [0.1, 0.15) is 17.3 Å². The molecule has 1 saturated heterocycles. The van der Waals surface area contributed by atoms with Gasteiger partial charge in [-0.2, -0.15) is 0 Å². The van der Waals surface area contributed by atoms with Crippen molar-refractivity contribution in [3.63, 3.8) is 0 Å². The van der Waals surface area contributed by atoms with Crippen molar-refractivity contribution in [3.05, 3.63) is 89.8 Å². The van der Waals surface area contributed by atoms with Gasteiger partial charge in [-0.1, -0.05) is 18.2 Å². The summed E-state index contributed by atoms with van der Waals surface area (Å²) in [6, 6.07) is 16.4. The highest BCUT2D eigenvalue weighted by molar-refractivity contribution is 6.51. The number of carbonyl (C=O) groups excluding carboxylic acids is 2. The van der Waals surface area contributed by atoms with Crippen LogP contribution in [0.5, 0.6) is 11.5 Å². The Balaban J connectivity index is 1.89. The third-order valence-corrected chi connectivity index (χ3v) is 5.30. The molecule has 1 unspecified atom stereocenters. The van der Waals surface area contributed by atoms with E-state index < -0.39 is 17.7 Å². The standard InChI is InChI=1S/C26H24N2O5/c1-16(2)33-20-9-7-17(8-10-20)23-22(24(29)18-11-13-27-14-12-18)25(30)26(31)28(23)19-5-4-6-21(15-19)32-3/h4-16,23,29H,1-3H3/b24-22+. The summed E-state index contributed by atoms with van der Waals surface area (Å²) < 4.78 is 11.0. The Kier molecular flexibility index (Phi) is 6.13. The lowest BCUT2D eigenvalue weighted by Crippen LogP contribution is -2.29. The lowest BCUT2D eigenvalue weighted by Gasteiger charge is -2.26. The Bertz CT molecular complexity index is 1200. The van der Waals surface area contributed by atoms with Gasteiger partial charge in [0, 0.05) is 29.7 Å². The van der Waals surface area contributed by atoms with Gasteiger partial charge < -0.3 is 14.6 Å². The Labute approximate surface area is 191 Å². The van der Waals surface area contributed by atoms with Crippen molar-refractivity contribution in [2.45, 2.75) is 26.0 Å². The number of amides is 1. The van der Waals surface area contributed by atoms with Crippen LogP contribution in [0.3, 0.4) is 0 Å². The van der Waals surface area contributed by atoms with Crippen LogP contribution in [-0.4, -0.2) is 35.0 Å². The first-order valence-corrected chi connectivity index (χ1v) is 10.5. The Hall–Kier alpha value is -4.13. The first kappa shape index (κ1) is 22.1. The van der Waals surface area contributed by atoms with Crippen LogP contribution in [0.15, 0.2) is 78.6 Å². The second kappa shape index (κ2) is 9.16. The average Bonchev–Trinajstić information content (AvgIpc) is 3.09. The first-order valence-electron chi connectivity index (χ1n) is 10.5. The molecule has 1 aliphatic heterocycles. The number of ether oxygens (including phenoxy) is 2. The molecule has 0 saturated carbocycles. The molecule has 7 nitrogen and oxygen atoms in total. The molecule has 0 aliphatic carbocycles. The van der Waals surface area contributed by atoms with Gasteiger partial charge in [0.25, 0.3) is 11.7 Å². The fourth-order valence-electron chi connectivity index (χ4n) is 3.84. The molecule has 1 N–H and O–H groups in total. The van der Waals surface area contributed by atoms with E-state index in [1.54, 1.807) is 60.7 Å². The second-order valence-electron chi connectivity index (χ2n) is 7.84. The van der Waals surface area contributed by atoms with E-state index in [2.05, 4.69) is 4.98 Å². The van der Waals surface area contributed by atoms with Crippen molar-refractivity contribution in [1.82, 2.24) is 4.98 Å². The number of hydrogen-bond acceptors (Lipinski definition) is 6. The number of ketones is 1. The predicted octanol–water partition coefficient (Wildman–Crippen LogP) is 4.50. The molecule has 1 fully saturated rings. The monoisotopic (exact) mass is 444 g/mol. The van der Waals surface area contributed by atoms with Crippen LogP contribution in [0, 0.1) is 0 Å². The zero-order valence-corrected chi connectivity index (χ0v) is 18.6. The van der Waals surface area contributed by atoms with Gasteiger partial charge in [0.05, 0.1) is 24.8 Å². The fraction of sp³-hybridized carbons (Fsp3) is 0.192. The molecule has 1 amide bonds. The Morgan fingerprint density at radius 1 is 1.00 bits per heavy atom. The van der Waals surface area contributed by atoms with Crippen molar-refractivity contribution in [2.24, 2.45) is 0 Å². The quantitative estimate of drug-likeness (QED) is 0.342. The van der Waals surface area contributed by atoms with E-state index in [0.29, 0.717) is 28.3 Å². The highest BCUT2D eigenvalue weighted by Crippen LogP contribution is 2.43. The zero-order valence-electron chi connectivity index (χ0n) is 18.6. The Morgan fingerprint density at radius 3 is 2.33 bits per heavy atom. The summed E-state index contributed by atoms with van der Waals surface area (Å²) in [6.07, 6.45) is 3.03. The van der Waals surface area contributed by atoms with Crippen molar-refractivity contribution >= 4 is 23.1 Å². The van der Waals surface area contributed by atoms with E-state index >= 15 is 0 Å². The lowest BCUT2D eigenvalue weighted by atomic mass is 9.95. The summed E-state index contributed by atoms with van der Waals surface area (Å²) in [5.74, 6) is -0.538. The molecule has 0 spiro atoms. The van der Waals surface area contributed by atoms with Crippen molar-refractivity contribution in [2.75, 3.05) is 12.0 Å². The van der Waals surface area contributed by atoms with Gasteiger partial charge >= 0.3 is 0 Å². The van der Waals surface area contributed by atoms with Crippen LogP contribution < -0.4 is 14.4 Å². The van der Waals surface area contributed by atoms with Gasteiger partial charge in [0.2, 0.25) is 0 Å². The highest BCUT2D eigenvalue weighted by Gasteiger charge is 2.47. The van der Waals surface area contributed by atoms with Crippen LogP contribution in [0.4, 0.5) is 5.69 Å². The minimum Gasteiger partial charge on any atom is -0.507 e. The second-order valence-corrected chi connectivity index (χ2v) is 7.84. The van der Waals surface area contributed by atoms with Gasteiger partial charge in [-0.15, -0.1) is 0 Å². The molecule has 7 heteroatoms. The zero-order chi connectivity index (χ0) is 23.5. The summed E-state index contributed by atoms with van der Waals surface area (Å²) in [7, 11) is 1.53.